The van der Waals surface area contributed by atoms with Gasteiger partial charge in [-0.05, 0) is 11.5 Å². The summed E-state index contributed by atoms with van der Waals surface area (Å²) in [6, 6.07) is 0. The Balaban J connectivity index is 5.29. The molecule has 0 rings (SSSR count). The lowest BCUT2D eigenvalue weighted by atomic mass is 10.8. The fourth-order valence-electron chi connectivity index (χ4n) is 1.09. The van der Waals surface area contributed by atoms with E-state index in [4.69, 9.17) is 6.42 Å². The van der Waals surface area contributed by atoms with Gasteiger partial charge >= 0.3 is 0 Å². The van der Waals surface area contributed by atoms with Crippen LogP contribution in [-0.2, 0) is 9.21 Å². The zero-order valence-electron chi connectivity index (χ0n) is 7.43. The molecule has 0 unspecified atom stereocenters. The molecule has 0 saturated heterocycles. The molecule has 3 N–H and O–H groups in total. The largest absolute Gasteiger partial charge is 0.330 e. The highest BCUT2D eigenvalue weighted by Gasteiger charge is 2.20. The van der Waals surface area contributed by atoms with Crippen LogP contribution < -0.4 is 0 Å². The Bertz CT molecular complexity index is 244. The highest BCUT2D eigenvalue weighted by molar-refractivity contribution is 8.39. The smallest absolute Gasteiger partial charge is 0.260 e. The van der Waals surface area contributed by atoms with E-state index in [0.717, 1.165) is 0 Å². The molecule has 12 heavy (non-hydrogen) atoms. The molecule has 0 aliphatic heterocycles. The molecule has 0 heterocycles. The molecule has 5 heteroatoms. The summed E-state index contributed by atoms with van der Waals surface area (Å²) in [6.45, 7) is -0.0261. The summed E-state index contributed by atoms with van der Waals surface area (Å²) in [4.78, 5) is 27.7. The Morgan fingerprint density at radius 2 is 1.67 bits per heavy atom. The first-order valence-electron chi connectivity index (χ1n) is 3.81. The minimum absolute atomic E-state index is 0.317. The zero-order chi connectivity index (χ0) is 9.83. The van der Waals surface area contributed by atoms with E-state index in [1.54, 1.807) is 0 Å². The lowest BCUT2D eigenvalue weighted by Gasteiger charge is -2.30. The van der Waals surface area contributed by atoms with Crippen molar-refractivity contribution in [3.05, 3.63) is 0 Å². The maximum absolute atomic E-state index is 9.24. The maximum atomic E-state index is 9.24. The van der Waals surface area contributed by atoms with Crippen molar-refractivity contribution in [1.29, 1.82) is 0 Å². The van der Waals surface area contributed by atoms with Gasteiger partial charge in [-0.2, -0.15) is 9.21 Å². The fourth-order valence-corrected chi connectivity index (χ4v) is 6.37. The molecule has 0 aliphatic rings. The Labute approximate surface area is 74.6 Å². The molecule has 0 aliphatic carbocycles. The molecule has 0 atom stereocenters. The van der Waals surface area contributed by atoms with Crippen LogP contribution in [0.3, 0.4) is 0 Å². The average Bonchev–Trinajstić information content (AvgIpc) is 1.98. The van der Waals surface area contributed by atoms with Crippen molar-refractivity contribution in [2.75, 3.05) is 17.3 Å². The summed E-state index contributed by atoms with van der Waals surface area (Å²) < 4.78 is 0. The first kappa shape index (κ1) is 12.2. The second-order valence-corrected chi connectivity index (χ2v) is 11.6. The summed E-state index contributed by atoms with van der Waals surface area (Å²) >= 11 is 0. The van der Waals surface area contributed by atoms with Crippen LogP contribution in [0.5, 0.6) is 0 Å². The van der Waals surface area contributed by atoms with Crippen molar-refractivity contribution in [3.63, 3.8) is 0 Å². The van der Waals surface area contributed by atoms with E-state index in [9.17, 15) is 14.7 Å². The summed E-state index contributed by atoms with van der Waals surface area (Å²) in [6.07, 6.45) is 5.12. The summed E-state index contributed by atoms with van der Waals surface area (Å²) in [7, 11) is -2.10. The first-order chi connectivity index (χ1) is 5.43. The van der Waals surface area contributed by atoms with Crippen LogP contribution in [-0.4, -0.2) is 31.9 Å². The van der Waals surface area contributed by atoms with Gasteiger partial charge in [0.25, 0.3) is 6.72 Å². The number of hydrogen-bond acceptors (Lipinski definition) is 0. The van der Waals surface area contributed by atoms with Gasteiger partial charge in [0, 0.05) is 5.75 Å². The average molecular weight is 212 g/mol. The van der Waals surface area contributed by atoms with Gasteiger partial charge in [0.05, 0.1) is 0 Å². The predicted octanol–water partition coefficient (Wildman–Crippen LogP) is 0.200. The Morgan fingerprint density at radius 3 is 1.75 bits per heavy atom. The highest BCUT2D eigenvalue weighted by Crippen LogP contribution is 2.44. The van der Waals surface area contributed by atoms with Crippen molar-refractivity contribution in [1.82, 2.24) is 0 Å². The fraction of sp³-hybridized carbons (Fsp3) is 0.714. The van der Waals surface area contributed by atoms with Crippen molar-refractivity contribution in [3.8, 4) is 12.3 Å². The van der Waals surface area contributed by atoms with Gasteiger partial charge in [-0.3, -0.25) is 0 Å². The number of thiol groups is 1. The van der Waals surface area contributed by atoms with Crippen LogP contribution in [0.2, 0.25) is 0 Å². The van der Waals surface area contributed by atoms with Crippen molar-refractivity contribution < 1.29 is 14.7 Å². The monoisotopic (exact) mass is 212 g/mol. The Morgan fingerprint density at radius 1 is 1.25 bits per heavy atom. The maximum Gasteiger partial charge on any atom is 0.260 e. The number of rotatable bonds is 3. The van der Waals surface area contributed by atoms with Crippen LogP contribution in [0, 0.1) is 12.3 Å². The molecule has 74 valence electrons. The van der Waals surface area contributed by atoms with Crippen molar-refractivity contribution in [2.45, 2.75) is 13.8 Å². The standard InChI is InChI=1S/C7H17O3PS/c1-4-7-12(5-2,6-3)11(8,9)10/h1,8-10,12H,5-7H2,2-3H3. The van der Waals surface area contributed by atoms with Crippen LogP contribution in [0.15, 0.2) is 0 Å². The van der Waals surface area contributed by atoms with Crippen LogP contribution >= 0.6 is 6.72 Å². The van der Waals surface area contributed by atoms with E-state index in [1.807, 2.05) is 13.8 Å². The molecule has 0 bridgehead atoms. The second kappa shape index (κ2) is 4.45. The number of hydrogen-bond donors (Lipinski definition) is 4. The minimum Gasteiger partial charge on any atom is -0.330 e. The third kappa shape index (κ3) is 2.35. The van der Waals surface area contributed by atoms with Gasteiger partial charge in [0.1, 0.15) is 0 Å². The highest BCUT2D eigenvalue weighted by atomic mass is 32.6. The van der Waals surface area contributed by atoms with Crippen LogP contribution in [0.1, 0.15) is 13.8 Å². The minimum atomic E-state index is -3.70. The molecular weight excluding hydrogens is 195 g/mol. The summed E-state index contributed by atoms with van der Waals surface area (Å²) in [5.74, 6) is 3.91. The van der Waals surface area contributed by atoms with Gasteiger partial charge < -0.3 is 14.7 Å². The molecule has 0 saturated carbocycles. The van der Waals surface area contributed by atoms with Gasteiger partial charge in [-0.15, -0.1) is 6.42 Å². The predicted molar refractivity (Wildman–Crippen MR) is 57.1 cm³/mol. The van der Waals surface area contributed by atoms with Crippen LogP contribution in [0.25, 0.3) is 0 Å². The topological polar surface area (TPSA) is 60.7 Å². The SMILES string of the molecule is C#CC[SH](CC)(CC)=P(O)(O)O. The lowest BCUT2D eigenvalue weighted by molar-refractivity contribution is 0.362. The quantitative estimate of drug-likeness (QED) is 0.307. The normalized spacial score (nSPS) is 14.0. The first-order valence-corrected chi connectivity index (χ1v) is 8.50. The van der Waals surface area contributed by atoms with E-state index < -0.39 is 15.9 Å². The molecule has 0 aromatic rings. The summed E-state index contributed by atoms with van der Waals surface area (Å²) in [5.41, 5.74) is 0. The Kier molecular flexibility index (Phi) is 4.54. The van der Waals surface area contributed by atoms with E-state index in [1.165, 1.54) is 0 Å². The molecule has 3 nitrogen and oxygen atoms in total. The van der Waals surface area contributed by atoms with E-state index in [2.05, 4.69) is 5.92 Å². The van der Waals surface area contributed by atoms with E-state index in [-0.39, 0.29) is 0 Å². The van der Waals surface area contributed by atoms with Gasteiger partial charge in [-0.25, -0.2) is 0 Å². The molecule has 0 amide bonds. The van der Waals surface area contributed by atoms with Gasteiger partial charge in [0.2, 0.25) is 0 Å². The third-order valence-electron chi connectivity index (χ3n) is 2.13. The second-order valence-electron chi connectivity index (χ2n) is 2.63. The van der Waals surface area contributed by atoms with Crippen LogP contribution in [0.4, 0.5) is 0 Å². The molecular formula is C7H17O3PS. The molecule has 0 radical (unpaired) electrons. The molecule has 0 aromatic heterocycles. The van der Waals surface area contributed by atoms with Crippen molar-refractivity contribution in [2.24, 2.45) is 0 Å². The Hall–Kier alpha value is 0.220. The van der Waals surface area contributed by atoms with E-state index >= 15 is 0 Å². The zero-order valence-corrected chi connectivity index (χ0v) is 9.22. The van der Waals surface area contributed by atoms with E-state index in [0.29, 0.717) is 17.3 Å². The molecule has 0 fully saturated rings. The molecule has 0 aromatic carbocycles. The lowest BCUT2D eigenvalue weighted by Crippen LogP contribution is -2.22. The molecule has 0 spiro atoms. The third-order valence-corrected chi connectivity index (χ3v) is 11.9. The van der Waals surface area contributed by atoms with Gasteiger partial charge in [-0.1, -0.05) is 19.8 Å². The van der Waals surface area contributed by atoms with Gasteiger partial charge in [0.15, 0.2) is 0 Å². The van der Waals surface area contributed by atoms with Crippen molar-refractivity contribution >= 4 is 15.9 Å². The number of terminal acetylenes is 1. The summed E-state index contributed by atoms with van der Waals surface area (Å²) in [5, 5.41) is 0.